The summed E-state index contributed by atoms with van der Waals surface area (Å²) in [6.07, 6.45) is 0. The van der Waals surface area contributed by atoms with Crippen LogP contribution in [-0.4, -0.2) is 16.2 Å². The van der Waals surface area contributed by atoms with Crippen LogP contribution in [0.5, 0.6) is 0 Å². The van der Waals surface area contributed by atoms with Gasteiger partial charge in [0.15, 0.2) is 0 Å². The third-order valence-corrected chi connectivity index (χ3v) is 3.70. The summed E-state index contributed by atoms with van der Waals surface area (Å²) < 4.78 is 4.89. The second-order valence-electron chi connectivity index (χ2n) is 3.88. The number of hydrogen-bond donors (Lipinski definition) is 1. The highest BCUT2D eigenvalue weighted by Crippen LogP contribution is 2.35. The molecule has 94 valence electrons. The van der Waals surface area contributed by atoms with E-state index in [9.17, 15) is 4.79 Å². The topological polar surface area (TPSA) is 63.3 Å². The van der Waals surface area contributed by atoms with Crippen molar-refractivity contribution in [3.05, 3.63) is 54.3 Å². The van der Waals surface area contributed by atoms with E-state index in [1.807, 2.05) is 42.5 Å². The minimum Gasteiger partial charge on any atom is -0.475 e. The Morgan fingerprint density at radius 2 is 1.89 bits per heavy atom. The fourth-order valence-corrected chi connectivity index (χ4v) is 2.80. The zero-order valence-corrected chi connectivity index (χ0v) is 10.6. The van der Waals surface area contributed by atoms with Crippen LogP contribution in [0.25, 0.3) is 10.9 Å². The predicted octanol–water partition coefficient (Wildman–Crippen LogP) is 3.68. The number of carboxylic acid groups (broad SMARTS) is 1. The van der Waals surface area contributed by atoms with Gasteiger partial charge in [-0.3, -0.25) is 0 Å². The molecular weight excluding hydrogens is 262 g/mol. The maximum absolute atomic E-state index is 11.1. The molecule has 2 aromatic carbocycles. The first-order valence-corrected chi connectivity index (χ1v) is 6.42. The number of rotatable bonds is 3. The van der Waals surface area contributed by atoms with Crippen LogP contribution in [0.1, 0.15) is 10.6 Å². The summed E-state index contributed by atoms with van der Waals surface area (Å²) in [5.74, 6) is -1.22. The normalized spacial score (nSPS) is 10.7. The number of fused-ring (bicyclic) bond motifs is 1. The summed E-state index contributed by atoms with van der Waals surface area (Å²) in [4.78, 5) is 13.0. The highest BCUT2D eigenvalue weighted by atomic mass is 32.2. The van der Waals surface area contributed by atoms with Gasteiger partial charge in [-0.05, 0) is 24.3 Å². The Balaban J connectivity index is 2.13. The van der Waals surface area contributed by atoms with E-state index in [0.717, 1.165) is 9.79 Å². The van der Waals surface area contributed by atoms with E-state index in [2.05, 4.69) is 5.16 Å². The van der Waals surface area contributed by atoms with Crippen molar-refractivity contribution in [2.45, 2.75) is 9.79 Å². The number of nitrogens with zero attached hydrogens (tertiary/aromatic N) is 1. The molecule has 1 heterocycles. The molecule has 0 unspecified atom stereocenters. The van der Waals surface area contributed by atoms with Gasteiger partial charge < -0.3 is 9.63 Å². The molecule has 5 heteroatoms. The van der Waals surface area contributed by atoms with E-state index in [0.29, 0.717) is 10.9 Å². The maximum atomic E-state index is 11.1. The third-order valence-electron chi connectivity index (χ3n) is 2.63. The summed E-state index contributed by atoms with van der Waals surface area (Å²) in [7, 11) is 0. The van der Waals surface area contributed by atoms with Crippen LogP contribution in [0.15, 0.2) is 62.8 Å². The Kier molecular flexibility index (Phi) is 2.97. The molecule has 3 rings (SSSR count). The molecule has 0 aliphatic carbocycles. The van der Waals surface area contributed by atoms with Gasteiger partial charge in [0.25, 0.3) is 5.76 Å². The van der Waals surface area contributed by atoms with Gasteiger partial charge in [-0.2, -0.15) is 0 Å². The first-order chi connectivity index (χ1) is 9.25. The molecule has 1 N–H and O–H groups in total. The molecule has 1 aromatic heterocycles. The number of aromatic nitrogens is 1. The molecule has 3 aromatic rings. The Morgan fingerprint density at radius 3 is 2.63 bits per heavy atom. The molecule has 0 saturated carbocycles. The van der Waals surface area contributed by atoms with Crippen molar-refractivity contribution in [3.8, 4) is 0 Å². The van der Waals surface area contributed by atoms with Gasteiger partial charge in [-0.1, -0.05) is 41.2 Å². The van der Waals surface area contributed by atoms with Crippen LogP contribution >= 0.6 is 11.8 Å². The fourth-order valence-electron chi connectivity index (χ4n) is 1.81. The molecule has 0 amide bonds. The maximum Gasteiger partial charge on any atom is 0.375 e. The molecular formula is C14H9NO3S. The van der Waals surface area contributed by atoms with Gasteiger partial charge in [0.05, 0.1) is 5.39 Å². The number of aromatic carboxylic acids is 1. The summed E-state index contributed by atoms with van der Waals surface area (Å²) in [5, 5.41) is 13.4. The minimum absolute atomic E-state index is 0.117. The third kappa shape index (κ3) is 2.20. The van der Waals surface area contributed by atoms with E-state index in [4.69, 9.17) is 9.63 Å². The van der Waals surface area contributed by atoms with Crippen molar-refractivity contribution in [1.82, 2.24) is 5.16 Å². The monoisotopic (exact) mass is 271 g/mol. The number of benzene rings is 2. The second kappa shape index (κ2) is 4.78. The van der Waals surface area contributed by atoms with Crippen LogP contribution in [0.3, 0.4) is 0 Å². The van der Waals surface area contributed by atoms with Gasteiger partial charge in [-0.15, -0.1) is 0 Å². The quantitative estimate of drug-likeness (QED) is 0.787. The van der Waals surface area contributed by atoms with Gasteiger partial charge in [0.2, 0.25) is 0 Å². The number of hydrogen-bond acceptors (Lipinski definition) is 4. The molecule has 0 spiro atoms. The van der Waals surface area contributed by atoms with E-state index in [1.165, 1.54) is 11.8 Å². The highest BCUT2D eigenvalue weighted by Gasteiger charge is 2.18. The molecule has 0 aliphatic heterocycles. The smallest absolute Gasteiger partial charge is 0.375 e. The lowest BCUT2D eigenvalue weighted by molar-refractivity contribution is 0.0655. The van der Waals surface area contributed by atoms with Crippen LogP contribution in [-0.2, 0) is 0 Å². The largest absolute Gasteiger partial charge is 0.475 e. The lowest BCUT2D eigenvalue weighted by Gasteiger charge is -2.02. The zero-order chi connectivity index (χ0) is 13.2. The number of carboxylic acids is 1. The molecule has 0 aliphatic rings. The molecule has 0 fully saturated rings. The van der Waals surface area contributed by atoms with Gasteiger partial charge >= 0.3 is 5.97 Å². The predicted molar refractivity (Wildman–Crippen MR) is 71.5 cm³/mol. The lowest BCUT2D eigenvalue weighted by atomic mass is 10.2. The Hall–Kier alpha value is -2.27. The first kappa shape index (κ1) is 11.8. The van der Waals surface area contributed by atoms with Crippen LogP contribution in [0, 0.1) is 0 Å². The summed E-state index contributed by atoms with van der Waals surface area (Å²) in [6, 6.07) is 15.2. The standard InChI is InChI=1S/C14H9NO3S/c16-14(17)13-12-10(15-18-13)7-4-8-11(12)19-9-5-2-1-3-6-9/h1-8H,(H,16,17). The van der Waals surface area contributed by atoms with Crippen molar-refractivity contribution >= 4 is 28.6 Å². The van der Waals surface area contributed by atoms with E-state index < -0.39 is 5.97 Å². The van der Waals surface area contributed by atoms with Crippen LogP contribution in [0.2, 0.25) is 0 Å². The summed E-state index contributed by atoms with van der Waals surface area (Å²) >= 11 is 1.49. The molecule has 0 atom stereocenters. The van der Waals surface area contributed by atoms with Crippen molar-refractivity contribution in [3.63, 3.8) is 0 Å². The number of carbonyl (C=O) groups is 1. The van der Waals surface area contributed by atoms with Gasteiger partial charge in [0, 0.05) is 9.79 Å². The van der Waals surface area contributed by atoms with Crippen molar-refractivity contribution in [2.24, 2.45) is 0 Å². The Bertz CT molecular complexity index is 737. The average Bonchev–Trinajstić information content (AvgIpc) is 2.85. The summed E-state index contributed by atoms with van der Waals surface area (Å²) in [6.45, 7) is 0. The zero-order valence-electron chi connectivity index (χ0n) is 9.74. The van der Waals surface area contributed by atoms with E-state index >= 15 is 0 Å². The fraction of sp³-hybridized carbons (Fsp3) is 0. The molecule has 0 bridgehead atoms. The molecule has 4 nitrogen and oxygen atoms in total. The highest BCUT2D eigenvalue weighted by molar-refractivity contribution is 7.99. The molecule has 19 heavy (non-hydrogen) atoms. The second-order valence-corrected chi connectivity index (χ2v) is 5.00. The molecule has 0 saturated heterocycles. The van der Waals surface area contributed by atoms with Crippen molar-refractivity contribution in [1.29, 1.82) is 0 Å². The summed E-state index contributed by atoms with van der Waals surface area (Å²) in [5.41, 5.74) is 0.554. The van der Waals surface area contributed by atoms with Crippen molar-refractivity contribution < 1.29 is 14.4 Å². The SMILES string of the molecule is O=C(O)c1onc2cccc(Sc3ccccc3)c12. The van der Waals surface area contributed by atoms with Crippen molar-refractivity contribution in [2.75, 3.05) is 0 Å². The van der Waals surface area contributed by atoms with Crippen LogP contribution in [0.4, 0.5) is 0 Å². The lowest BCUT2D eigenvalue weighted by Crippen LogP contribution is -1.94. The van der Waals surface area contributed by atoms with E-state index in [-0.39, 0.29) is 5.76 Å². The Morgan fingerprint density at radius 1 is 1.11 bits per heavy atom. The van der Waals surface area contributed by atoms with Crippen LogP contribution < -0.4 is 0 Å². The Labute approximate surface area is 113 Å². The average molecular weight is 271 g/mol. The first-order valence-electron chi connectivity index (χ1n) is 5.60. The van der Waals surface area contributed by atoms with Gasteiger partial charge in [-0.25, -0.2) is 4.79 Å². The molecule has 0 radical (unpaired) electrons. The minimum atomic E-state index is -1.11. The van der Waals surface area contributed by atoms with E-state index in [1.54, 1.807) is 6.07 Å². The van der Waals surface area contributed by atoms with Gasteiger partial charge in [0.1, 0.15) is 5.52 Å².